The van der Waals surface area contributed by atoms with Crippen LogP contribution in [0.5, 0.6) is 0 Å². The van der Waals surface area contributed by atoms with Crippen molar-refractivity contribution < 1.29 is 4.74 Å². The molecule has 100 valence electrons. The smallest absolute Gasteiger partial charge is 0.165 e. The summed E-state index contributed by atoms with van der Waals surface area (Å²) in [5, 5.41) is 8.29. The molecule has 19 heavy (non-hydrogen) atoms. The second kappa shape index (κ2) is 5.43. The summed E-state index contributed by atoms with van der Waals surface area (Å²) in [5.74, 6) is 0.868. The summed E-state index contributed by atoms with van der Waals surface area (Å²) in [6, 6.07) is 6.24. The van der Waals surface area contributed by atoms with Crippen molar-refractivity contribution in [3.05, 3.63) is 34.6 Å². The number of halogens is 1. The predicted molar refractivity (Wildman–Crippen MR) is 76.7 cm³/mol. The molecule has 1 aromatic carbocycles. The van der Waals surface area contributed by atoms with Crippen molar-refractivity contribution in [2.24, 2.45) is 0 Å². The lowest BCUT2D eigenvalue weighted by Crippen LogP contribution is -2.18. The highest BCUT2D eigenvalue weighted by Crippen LogP contribution is 2.29. The number of hydrogen-bond acceptors (Lipinski definition) is 3. The van der Waals surface area contributed by atoms with E-state index in [-0.39, 0.29) is 6.23 Å². The van der Waals surface area contributed by atoms with Gasteiger partial charge in [0.2, 0.25) is 0 Å². The fraction of sp³-hybridized carbons (Fsp3) is 0.429. The van der Waals surface area contributed by atoms with Gasteiger partial charge in [0, 0.05) is 16.6 Å². The van der Waals surface area contributed by atoms with E-state index in [0.29, 0.717) is 0 Å². The Morgan fingerprint density at radius 2 is 2.26 bits per heavy atom. The van der Waals surface area contributed by atoms with Gasteiger partial charge in [-0.05, 0) is 37.8 Å². The minimum Gasteiger partial charge on any atom is -0.358 e. The van der Waals surface area contributed by atoms with Crippen LogP contribution in [0, 0.1) is 6.92 Å². The minimum atomic E-state index is 0.0684. The van der Waals surface area contributed by atoms with Gasteiger partial charge in [0.1, 0.15) is 12.6 Å². The van der Waals surface area contributed by atoms with E-state index in [1.54, 1.807) is 6.33 Å². The van der Waals surface area contributed by atoms with E-state index < -0.39 is 0 Å². The Labute approximate surface area is 120 Å². The van der Waals surface area contributed by atoms with Crippen LogP contribution in [0.25, 0.3) is 11.4 Å². The standard InChI is InChI=1S/C14H16BrN3O/c1-10-5-6-11(8-12(10)15)14-17-16-9-18(14)13-4-2-3-7-19-13/h5-6,8-9,13H,2-4,7H2,1H3. The topological polar surface area (TPSA) is 39.9 Å². The van der Waals surface area contributed by atoms with Gasteiger partial charge in [-0.15, -0.1) is 10.2 Å². The maximum absolute atomic E-state index is 5.81. The van der Waals surface area contributed by atoms with E-state index in [9.17, 15) is 0 Å². The summed E-state index contributed by atoms with van der Waals surface area (Å²) >= 11 is 3.56. The molecule has 4 nitrogen and oxygen atoms in total. The molecule has 0 spiro atoms. The number of nitrogens with zero attached hydrogens (tertiary/aromatic N) is 3. The lowest BCUT2D eigenvalue weighted by Gasteiger charge is -2.24. The average molecular weight is 322 g/mol. The van der Waals surface area contributed by atoms with Gasteiger partial charge in [0.25, 0.3) is 0 Å². The zero-order chi connectivity index (χ0) is 13.2. The van der Waals surface area contributed by atoms with E-state index in [1.807, 2.05) is 4.57 Å². The molecule has 1 saturated heterocycles. The highest BCUT2D eigenvalue weighted by Gasteiger charge is 2.20. The molecule has 1 unspecified atom stereocenters. The van der Waals surface area contributed by atoms with Crippen LogP contribution in [0.15, 0.2) is 29.0 Å². The van der Waals surface area contributed by atoms with E-state index in [4.69, 9.17) is 4.74 Å². The Balaban J connectivity index is 1.96. The Morgan fingerprint density at radius 3 is 3.00 bits per heavy atom. The normalized spacial score (nSPS) is 19.6. The quantitative estimate of drug-likeness (QED) is 0.846. The molecule has 1 aliphatic rings. The van der Waals surface area contributed by atoms with Crippen LogP contribution in [0.4, 0.5) is 0 Å². The van der Waals surface area contributed by atoms with Crippen molar-refractivity contribution in [3.8, 4) is 11.4 Å². The van der Waals surface area contributed by atoms with Gasteiger partial charge in [-0.1, -0.05) is 28.1 Å². The summed E-state index contributed by atoms with van der Waals surface area (Å²) in [4.78, 5) is 0. The SMILES string of the molecule is Cc1ccc(-c2nncn2C2CCCCO2)cc1Br. The third kappa shape index (κ3) is 2.58. The molecule has 1 aliphatic heterocycles. The monoisotopic (exact) mass is 321 g/mol. The first-order chi connectivity index (χ1) is 9.25. The van der Waals surface area contributed by atoms with Gasteiger partial charge in [0.05, 0.1) is 0 Å². The molecule has 3 rings (SSSR count). The Hall–Kier alpha value is -1.20. The Kier molecular flexibility index (Phi) is 3.66. The van der Waals surface area contributed by atoms with Gasteiger partial charge >= 0.3 is 0 Å². The van der Waals surface area contributed by atoms with E-state index >= 15 is 0 Å². The molecule has 0 amide bonds. The number of aromatic nitrogens is 3. The first kappa shape index (κ1) is 12.8. The summed E-state index contributed by atoms with van der Waals surface area (Å²) < 4.78 is 8.93. The van der Waals surface area contributed by atoms with Crippen LogP contribution < -0.4 is 0 Å². The molecule has 0 N–H and O–H groups in total. The van der Waals surface area contributed by atoms with Crippen LogP contribution in [-0.2, 0) is 4.74 Å². The molecule has 0 radical (unpaired) electrons. The van der Waals surface area contributed by atoms with Crippen molar-refractivity contribution in [1.82, 2.24) is 14.8 Å². The first-order valence-corrected chi connectivity index (χ1v) is 7.32. The molecule has 1 atom stereocenters. The fourth-order valence-electron chi connectivity index (χ4n) is 2.34. The molecule has 5 heteroatoms. The second-order valence-electron chi connectivity index (χ2n) is 4.85. The van der Waals surface area contributed by atoms with Crippen LogP contribution in [0.3, 0.4) is 0 Å². The molecule has 0 bridgehead atoms. The van der Waals surface area contributed by atoms with Crippen molar-refractivity contribution in [2.75, 3.05) is 6.61 Å². The highest BCUT2D eigenvalue weighted by atomic mass is 79.9. The summed E-state index contributed by atoms with van der Waals surface area (Å²) in [7, 11) is 0. The van der Waals surface area contributed by atoms with Gasteiger partial charge in [-0.3, -0.25) is 4.57 Å². The maximum Gasteiger partial charge on any atom is 0.165 e. The zero-order valence-corrected chi connectivity index (χ0v) is 12.4. The Bertz CT molecular complexity index is 576. The van der Waals surface area contributed by atoms with Crippen molar-refractivity contribution >= 4 is 15.9 Å². The van der Waals surface area contributed by atoms with Crippen LogP contribution in [0.1, 0.15) is 31.1 Å². The van der Waals surface area contributed by atoms with Crippen LogP contribution in [0.2, 0.25) is 0 Å². The second-order valence-corrected chi connectivity index (χ2v) is 5.70. The Morgan fingerprint density at radius 1 is 1.37 bits per heavy atom. The van der Waals surface area contributed by atoms with E-state index in [2.05, 4.69) is 51.3 Å². The maximum atomic E-state index is 5.81. The van der Waals surface area contributed by atoms with E-state index in [1.165, 1.54) is 12.0 Å². The van der Waals surface area contributed by atoms with Gasteiger partial charge in [-0.2, -0.15) is 0 Å². The number of benzene rings is 1. The molecular formula is C14H16BrN3O. The third-order valence-corrected chi connectivity index (χ3v) is 4.32. The van der Waals surface area contributed by atoms with Gasteiger partial charge < -0.3 is 4.74 Å². The predicted octanol–water partition coefficient (Wildman–Crippen LogP) is 3.72. The van der Waals surface area contributed by atoms with Crippen molar-refractivity contribution in [3.63, 3.8) is 0 Å². The van der Waals surface area contributed by atoms with Crippen molar-refractivity contribution in [2.45, 2.75) is 32.4 Å². The molecule has 0 saturated carbocycles. The van der Waals surface area contributed by atoms with Crippen molar-refractivity contribution in [1.29, 1.82) is 0 Å². The lowest BCUT2D eigenvalue weighted by atomic mass is 10.1. The molecule has 2 heterocycles. The average Bonchev–Trinajstić information content (AvgIpc) is 2.92. The lowest BCUT2D eigenvalue weighted by molar-refractivity contribution is -0.0311. The zero-order valence-electron chi connectivity index (χ0n) is 10.8. The van der Waals surface area contributed by atoms with Gasteiger partial charge in [0.15, 0.2) is 5.82 Å². The van der Waals surface area contributed by atoms with Gasteiger partial charge in [-0.25, -0.2) is 0 Å². The number of rotatable bonds is 2. The van der Waals surface area contributed by atoms with E-state index in [0.717, 1.165) is 35.3 Å². The third-order valence-electron chi connectivity index (χ3n) is 3.47. The first-order valence-electron chi connectivity index (χ1n) is 6.53. The molecule has 1 aromatic heterocycles. The number of ether oxygens (including phenoxy) is 1. The summed E-state index contributed by atoms with van der Waals surface area (Å²) in [6.07, 6.45) is 5.19. The summed E-state index contributed by atoms with van der Waals surface area (Å²) in [6.45, 7) is 2.89. The molecular weight excluding hydrogens is 306 g/mol. The largest absolute Gasteiger partial charge is 0.358 e. The van der Waals surface area contributed by atoms with Crippen LogP contribution in [-0.4, -0.2) is 21.4 Å². The number of aryl methyl sites for hydroxylation is 1. The highest BCUT2D eigenvalue weighted by molar-refractivity contribution is 9.10. The number of hydrogen-bond donors (Lipinski definition) is 0. The summed E-state index contributed by atoms with van der Waals surface area (Å²) in [5.41, 5.74) is 2.27. The van der Waals surface area contributed by atoms with Crippen LogP contribution >= 0.6 is 15.9 Å². The fourth-order valence-corrected chi connectivity index (χ4v) is 2.71. The molecule has 2 aromatic rings. The molecule has 0 aliphatic carbocycles. The minimum absolute atomic E-state index is 0.0684. The molecule has 1 fully saturated rings.